The van der Waals surface area contributed by atoms with Gasteiger partial charge in [-0.1, -0.05) is 13.8 Å². The first-order valence-corrected chi connectivity index (χ1v) is 6.77. The maximum Gasteiger partial charge on any atom is 0.323 e. The number of ether oxygens (including phenoxy) is 1. The van der Waals surface area contributed by atoms with Gasteiger partial charge in [0.2, 0.25) is 5.91 Å². The fraction of sp³-hybridized carbons (Fsp3) is 0.846. The molecule has 0 saturated carbocycles. The van der Waals surface area contributed by atoms with Gasteiger partial charge in [0.25, 0.3) is 0 Å². The van der Waals surface area contributed by atoms with Crippen LogP contribution in [0.25, 0.3) is 0 Å². The lowest BCUT2D eigenvalue weighted by Crippen LogP contribution is -2.57. The number of nitrogens with zero attached hydrogens (tertiary/aromatic N) is 1. The Morgan fingerprint density at radius 2 is 2.11 bits per heavy atom. The molecular formula is C13H24N2O4. The fourth-order valence-electron chi connectivity index (χ4n) is 2.08. The van der Waals surface area contributed by atoms with E-state index in [1.807, 2.05) is 0 Å². The zero-order chi connectivity index (χ0) is 14.4. The topological polar surface area (TPSA) is 78.9 Å². The fourth-order valence-corrected chi connectivity index (χ4v) is 2.08. The van der Waals surface area contributed by atoms with Crippen LogP contribution in [0.2, 0.25) is 0 Å². The molecule has 0 aliphatic carbocycles. The van der Waals surface area contributed by atoms with Gasteiger partial charge in [0, 0.05) is 13.1 Å². The molecule has 1 rings (SSSR count). The molecule has 0 aromatic rings. The third kappa shape index (κ3) is 4.80. The van der Waals surface area contributed by atoms with Gasteiger partial charge in [-0.3, -0.25) is 14.5 Å². The number of rotatable bonds is 6. The van der Waals surface area contributed by atoms with E-state index in [1.54, 1.807) is 11.8 Å². The molecule has 0 aromatic heterocycles. The van der Waals surface area contributed by atoms with Crippen LogP contribution in [-0.2, 0) is 14.3 Å². The second-order valence-corrected chi connectivity index (χ2v) is 5.32. The number of aliphatic carboxylic acids is 1. The quantitative estimate of drug-likeness (QED) is 0.728. The molecule has 2 atom stereocenters. The largest absolute Gasteiger partial charge is 0.480 e. The van der Waals surface area contributed by atoms with E-state index in [1.165, 1.54) is 0 Å². The highest BCUT2D eigenvalue weighted by atomic mass is 16.5. The van der Waals surface area contributed by atoms with Gasteiger partial charge >= 0.3 is 5.97 Å². The van der Waals surface area contributed by atoms with Crippen LogP contribution < -0.4 is 5.32 Å². The average molecular weight is 272 g/mol. The predicted molar refractivity (Wildman–Crippen MR) is 70.9 cm³/mol. The summed E-state index contributed by atoms with van der Waals surface area (Å²) in [4.78, 5) is 24.8. The summed E-state index contributed by atoms with van der Waals surface area (Å²) in [6.07, 6.45) is 0.921. The first-order valence-electron chi connectivity index (χ1n) is 6.77. The van der Waals surface area contributed by atoms with Crippen LogP contribution >= 0.6 is 0 Å². The Morgan fingerprint density at radius 3 is 2.68 bits per heavy atom. The summed E-state index contributed by atoms with van der Waals surface area (Å²) >= 11 is 0. The van der Waals surface area contributed by atoms with Crippen molar-refractivity contribution in [1.29, 1.82) is 0 Å². The van der Waals surface area contributed by atoms with Gasteiger partial charge in [-0.15, -0.1) is 0 Å². The molecule has 1 heterocycles. The molecule has 0 spiro atoms. The summed E-state index contributed by atoms with van der Waals surface area (Å²) in [6.45, 7) is 7.63. The van der Waals surface area contributed by atoms with E-state index in [0.29, 0.717) is 25.6 Å². The van der Waals surface area contributed by atoms with E-state index in [-0.39, 0.29) is 12.5 Å². The third-order valence-corrected chi connectivity index (χ3v) is 3.35. The van der Waals surface area contributed by atoms with Gasteiger partial charge in [0.1, 0.15) is 6.04 Å². The highest BCUT2D eigenvalue weighted by Gasteiger charge is 2.35. The third-order valence-electron chi connectivity index (χ3n) is 3.35. The number of carboxylic acids is 1. The SMILES string of the molecule is CC(C)CCNC(=O)C(C)N1CCOCC1C(=O)O. The molecule has 1 fully saturated rings. The van der Waals surface area contributed by atoms with E-state index in [4.69, 9.17) is 9.84 Å². The Hall–Kier alpha value is -1.14. The molecule has 0 aromatic carbocycles. The molecule has 0 radical (unpaired) electrons. The summed E-state index contributed by atoms with van der Waals surface area (Å²) in [7, 11) is 0. The number of hydrogen-bond acceptors (Lipinski definition) is 4. The van der Waals surface area contributed by atoms with Gasteiger partial charge in [-0.25, -0.2) is 0 Å². The molecule has 1 aliphatic heterocycles. The van der Waals surface area contributed by atoms with E-state index in [0.717, 1.165) is 6.42 Å². The molecule has 0 bridgehead atoms. The standard InChI is InChI=1S/C13H24N2O4/c1-9(2)4-5-14-12(16)10(3)15-6-7-19-8-11(15)13(17)18/h9-11H,4-8H2,1-3H3,(H,14,16)(H,17,18). The zero-order valence-corrected chi connectivity index (χ0v) is 11.9. The monoisotopic (exact) mass is 272 g/mol. The summed E-state index contributed by atoms with van der Waals surface area (Å²) in [5.41, 5.74) is 0. The minimum atomic E-state index is -0.943. The van der Waals surface area contributed by atoms with Gasteiger partial charge in [0.05, 0.1) is 19.3 Å². The Labute approximate surface area is 114 Å². The molecule has 1 amide bonds. The van der Waals surface area contributed by atoms with Crippen LogP contribution in [0.1, 0.15) is 27.2 Å². The van der Waals surface area contributed by atoms with Crippen molar-refractivity contribution in [1.82, 2.24) is 10.2 Å². The van der Waals surface area contributed by atoms with Crippen molar-refractivity contribution in [2.24, 2.45) is 5.92 Å². The zero-order valence-electron chi connectivity index (χ0n) is 11.9. The highest BCUT2D eigenvalue weighted by molar-refractivity contribution is 5.82. The smallest absolute Gasteiger partial charge is 0.323 e. The minimum absolute atomic E-state index is 0.117. The summed E-state index contributed by atoms with van der Waals surface area (Å²) in [6, 6.07) is -1.18. The molecule has 19 heavy (non-hydrogen) atoms. The number of carboxylic acid groups (broad SMARTS) is 1. The molecule has 2 N–H and O–H groups in total. The lowest BCUT2D eigenvalue weighted by molar-refractivity contribution is -0.153. The number of amides is 1. The van der Waals surface area contributed by atoms with Gasteiger partial charge in [0.15, 0.2) is 0 Å². The summed E-state index contributed by atoms with van der Waals surface area (Å²) in [5, 5.41) is 12.0. The summed E-state index contributed by atoms with van der Waals surface area (Å²) in [5.74, 6) is -0.527. The molecule has 1 saturated heterocycles. The predicted octanol–water partition coefficient (Wildman–Crippen LogP) is 0.323. The molecular weight excluding hydrogens is 248 g/mol. The van der Waals surface area contributed by atoms with Gasteiger partial charge < -0.3 is 15.2 Å². The Bertz CT molecular complexity index is 320. The van der Waals surface area contributed by atoms with Crippen LogP contribution in [0.15, 0.2) is 0 Å². The molecule has 6 heteroatoms. The van der Waals surface area contributed by atoms with E-state index in [2.05, 4.69) is 19.2 Å². The molecule has 6 nitrogen and oxygen atoms in total. The molecule has 2 unspecified atom stereocenters. The van der Waals surface area contributed by atoms with Crippen LogP contribution in [-0.4, -0.2) is 60.3 Å². The van der Waals surface area contributed by atoms with E-state index < -0.39 is 18.1 Å². The first-order chi connectivity index (χ1) is 8.93. The Balaban J connectivity index is 2.51. The average Bonchev–Trinajstić information content (AvgIpc) is 2.37. The Morgan fingerprint density at radius 1 is 1.42 bits per heavy atom. The molecule has 110 valence electrons. The van der Waals surface area contributed by atoms with Crippen LogP contribution in [0.4, 0.5) is 0 Å². The number of morpholine rings is 1. The van der Waals surface area contributed by atoms with Crippen molar-refractivity contribution < 1.29 is 19.4 Å². The summed E-state index contributed by atoms with van der Waals surface area (Å²) < 4.78 is 5.16. The maximum absolute atomic E-state index is 12.0. The van der Waals surface area contributed by atoms with Crippen molar-refractivity contribution in [3.05, 3.63) is 0 Å². The Kier molecular flexibility index (Phi) is 6.24. The van der Waals surface area contributed by atoms with E-state index >= 15 is 0 Å². The van der Waals surface area contributed by atoms with Crippen LogP contribution in [0, 0.1) is 5.92 Å². The van der Waals surface area contributed by atoms with Crippen molar-refractivity contribution in [3.8, 4) is 0 Å². The lowest BCUT2D eigenvalue weighted by Gasteiger charge is -2.36. The molecule has 1 aliphatic rings. The second kappa shape index (κ2) is 7.45. The number of carbonyl (C=O) groups is 2. The number of nitrogens with one attached hydrogen (secondary N) is 1. The highest BCUT2D eigenvalue weighted by Crippen LogP contribution is 2.12. The number of carbonyl (C=O) groups excluding carboxylic acids is 1. The first kappa shape index (κ1) is 15.9. The van der Waals surface area contributed by atoms with Crippen molar-refractivity contribution >= 4 is 11.9 Å². The van der Waals surface area contributed by atoms with Gasteiger partial charge in [-0.05, 0) is 19.3 Å². The lowest BCUT2D eigenvalue weighted by atomic mass is 10.1. The number of hydrogen-bond donors (Lipinski definition) is 2. The second-order valence-electron chi connectivity index (χ2n) is 5.32. The van der Waals surface area contributed by atoms with Crippen molar-refractivity contribution in [3.63, 3.8) is 0 Å². The van der Waals surface area contributed by atoms with Crippen molar-refractivity contribution in [2.45, 2.75) is 39.3 Å². The van der Waals surface area contributed by atoms with Crippen LogP contribution in [0.3, 0.4) is 0 Å². The van der Waals surface area contributed by atoms with Crippen molar-refractivity contribution in [2.75, 3.05) is 26.3 Å². The van der Waals surface area contributed by atoms with Crippen LogP contribution in [0.5, 0.6) is 0 Å². The maximum atomic E-state index is 12.0. The van der Waals surface area contributed by atoms with E-state index in [9.17, 15) is 9.59 Å². The minimum Gasteiger partial charge on any atom is -0.480 e. The van der Waals surface area contributed by atoms with Gasteiger partial charge in [-0.2, -0.15) is 0 Å². The normalized spacial score (nSPS) is 22.2.